The van der Waals surface area contributed by atoms with Crippen molar-refractivity contribution in [3.63, 3.8) is 0 Å². The first kappa shape index (κ1) is 19.5. The quantitative estimate of drug-likeness (QED) is 0.641. The van der Waals surface area contributed by atoms with Crippen molar-refractivity contribution < 1.29 is 9.84 Å². The van der Waals surface area contributed by atoms with E-state index in [1.54, 1.807) is 0 Å². The van der Waals surface area contributed by atoms with Gasteiger partial charge in [0.25, 0.3) is 0 Å². The lowest BCUT2D eigenvalue weighted by molar-refractivity contribution is 0.200. The zero-order chi connectivity index (χ0) is 18.1. The van der Waals surface area contributed by atoms with Gasteiger partial charge in [-0.15, -0.1) is 0 Å². The van der Waals surface area contributed by atoms with Crippen LogP contribution in [0.2, 0.25) is 0 Å². The Labute approximate surface area is 151 Å². The van der Waals surface area contributed by atoms with Crippen molar-refractivity contribution in [2.45, 2.75) is 51.5 Å². The predicted octanol–water partition coefficient (Wildman–Crippen LogP) is 4.04. The predicted molar refractivity (Wildman–Crippen MR) is 104 cm³/mol. The van der Waals surface area contributed by atoms with Gasteiger partial charge in [0.05, 0.1) is 13.2 Å². The SMILES string of the molecule is Cc1ccc(CCCCOc2ccc(CCC(C)(N)CO)cc2)cc1. The molecule has 136 valence electrons. The van der Waals surface area contributed by atoms with Gasteiger partial charge < -0.3 is 15.6 Å². The maximum atomic E-state index is 9.20. The van der Waals surface area contributed by atoms with Gasteiger partial charge in [-0.1, -0.05) is 42.0 Å². The van der Waals surface area contributed by atoms with Crippen molar-refractivity contribution in [3.8, 4) is 5.75 Å². The van der Waals surface area contributed by atoms with Crippen LogP contribution in [-0.2, 0) is 12.8 Å². The van der Waals surface area contributed by atoms with Crippen LogP contribution in [0.3, 0.4) is 0 Å². The van der Waals surface area contributed by atoms with Gasteiger partial charge in [0.2, 0.25) is 0 Å². The van der Waals surface area contributed by atoms with Crippen LogP contribution in [-0.4, -0.2) is 23.9 Å². The maximum absolute atomic E-state index is 9.20. The molecule has 0 saturated carbocycles. The Kier molecular flexibility index (Phi) is 7.48. The highest BCUT2D eigenvalue weighted by atomic mass is 16.5. The van der Waals surface area contributed by atoms with E-state index in [9.17, 15) is 5.11 Å². The number of hydrogen-bond acceptors (Lipinski definition) is 3. The summed E-state index contributed by atoms with van der Waals surface area (Å²) in [6, 6.07) is 16.9. The molecule has 1 unspecified atom stereocenters. The molecule has 0 heterocycles. The Morgan fingerprint density at radius 3 is 2.16 bits per heavy atom. The smallest absolute Gasteiger partial charge is 0.119 e. The summed E-state index contributed by atoms with van der Waals surface area (Å²) in [5, 5.41) is 9.20. The lowest BCUT2D eigenvalue weighted by Crippen LogP contribution is -2.40. The van der Waals surface area contributed by atoms with Crippen LogP contribution in [0.1, 0.15) is 42.9 Å². The summed E-state index contributed by atoms with van der Waals surface area (Å²) in [5.74, 6) is 0.914. The van der Waals surface area contributed by atoms with Crippen LogP contribution >= 0.6 is 0 Å². The highest BCUT2D eigenvalue weighted by Gasteiger charge is 2.16. The zero-order valence-electron chi connectivity index (χ0n) is 15.5. The molecule has 3 nitrogen and oxygen atoms in total. The standard InChI is InChI=1S/C22H31NO2/c1-18-6-8-19(9-7-18)5-3-4-16-25-21-12-10-20(11-13-21)14-15-22(2,23)17-24/h6-13,24H,3-5,14-17,23H2,1-2H3. The summed E-state index contributed by atoms with van der Waals surface area (Å²) in [6.45, 7) is 4.75. The Hall–Kier alpha value is -1.84. The molecule has 0 aliphatic heterocycles. The van der Waals surface area contributed by atoms with Crippen LogP contribution in [0, 0.1) is 6.92 Å². The van der Waals surface area contributed by atoms with E-state index in [0.717, 1.165) is 44.5 Å². The molecule has 0 fully saturated rings. The summed E-state index contributed by atoms with van der Waals surface area (Å²) >= 11 is 0. The Balaban J connectivity index is 1.65. The number of ether oxygens (including phenoxy) is 1. The summed E-state index contributed by atoms with van der Waals surface area (Å²) in [7, 11) is 0. The Morgan fingerprint density at radius 1 is 0.920 bits per heavy atom. The molecule has 0 radical (unpaired) electrons. The average molecular weight is 341 g/mol. The van der Waals surface area contributed by atoms with E-state index < -0.39 is 5.54 Å². The molecule has 0 aliphatic carbocycles. The molecule has 0 aliphatic rings. The van der Waals surface area contributed by atoms with Gasteiger partial charge in [0.15, 0.2) is 0 Å². The molecule has 2 rings (SSSR count). The topological polar surface area (TPSA) is 55.5 Å². The van der Waals surface area contributed by atoms with E-state index in [1.165, 1.54) is 16.7 Å². The number of benzene rings is 2. The minimum atomic E-state index is -0.507. The van der Waals surface area contributed by atoms with Crippen molar-refractivity contribution in [1.82, 2.24) is 0 Å². The van der Waals surface area contributed by atoms with Crippen molar-refractivity contribution in [3.05, 3.63) is 65.2 Å². The first-order valence-electron chi connectivity index (χ1n) is 9.15. The summed E-state index contributed by atoms with van der Waals surface area (Å²) in [6.07, 6.45) is 4.92. The molecule has 3 N–H and O–H groups in total. The molecule has 0 aromatic heterocycles. The number of aliphatic hydroxyl groups is 1. The van der Waals surface area contributed by atoms with Gasteiger partial charge in [0.1, 0.15) is 5.75 Å². The van der Waals surface area contributed by atoms with Gasteiger partial charge in [-0.05, 0) is 69.2 Å². The van der Waals surface area contributed by atoms with E-state index in [2.05, 4.69) is 43.3 Å². The van der Waals surface area contributed by atoms with Crippen molar-refractivity contribution in [2.24, 2.45) is 5.73 Å². The van der Waals surface area contributed by atoms with E-state index in [-0.39, 0.29) is 6.61 Å². The molecule has 25 heavy (non-hydrogen) atoms. The van der Waals surface area contributed by atoms with Crippen molar-refractivity contribution in [2.75, 3.05) is 13.2 Å². The fraction of sp³-hybridized carbons (Fsp3) is 0.455. The number of hydrogen-bond donors (Lipinski definition) is 2. The third-order valence-corrected chi connectivity index (χ3v) is 4.52. The normalized spacial score (nSPS) is 13.4. The molecule has 0 saturated heterocycles. The van der Waals surface area contributed by atoms with Gasteiger partial charge >= 0.3 is 0 Å². The summed E-state index contributed by atoms with van der Waals surface area (Å²) < 4.78 is 5.82. The van der Waals surface area contributed by atoms with Crippen molar-refractivity contribution in [1.29, 1.82) is 0 Å². The van der Waals surface area contributed by atoms with E-state index in [1.807, 2.05) is 19.1 Å². The maximum Gasteiger partial charge on any atom is 0.119 e. The first-order chi connectivity index (χ1) is 12.0. The summed E-state index contributed by atoms with van der Waals surface area (Å²) in [5.41, 5.74) is 9.38. The lowest BCUT2D eigenvalue weighted by Gasteiger charge is -2.21. The summed E-state index contributed by atoms with van der Waals surface area (Å²) in [4.78, 5) is 0. The average Bonchev–Trinajstić information content (AvgIpc) is 2.62. The number of unbranched alkanes of at least 4 members (excludes halogenated alkanes) is 1. The van der Waals surface area contributed by atoms with Gasteiger partial charge in [-0.2, -0.15) is 0 Å². The number of aliphatic hydroxyl groups excluding tert-OH is 1. The Morgan fingerprint density at radius 2 is 1.52 bits per heavy atom. The largest absolute Gasteiger partial charge is 0.494 e. The van der Waals surface area contributed by atoms with E-state index in [4.69, 9.17) is 10.5 Å². The van der Waals surface area contributed by atoms with Crippen LogP contribution in [0.25, 0.3) is 0 Å². The second-order valence-electron chi connectivity index (χ2n) is 7.25. The molecule has 1 atom stereocenters. The zero-order valence-corrected chi connectivity index (χ0v) is 15.5. The minimum absolute atomic E-state index is 0.0107. The van der Waals surface area contributed by atoms with Crippen LogP contribution < -0.4 is 10.5 Å². The minimum Gasteiger partial charge on any atom is -0.494 e. The number of aryl methyl sites for hydroxylation is 3. The third-order valence-electron chi connectivity index (χ3n) is 4.52. The molecule has 0 amide bonds. The highest BCUT2D eigenvalue weighted by molar-refractivity contribution is 5.27. The molecule has 0 spiro atoms. The van der Waals surface area contributed by atoms with Crippen LogP contribution in [0.4, 0.5) is 0 Å². The Bertz CT molecular complexity index is 617. The third kappa shape index (κ3) is 7.29. The second kappa shape index (κ2) is 9.59. The molecular weight excluding hydrogens is 310 g/mol. The molecule has 3 heteroatoms. The fourth-order valence-corrected chi connectivity index (χ4v) is 2.64. The second-order valence-corrected chi connectivity index (χ2v) is 7.25. The van der Waals surface area contributed by atoms with Crippen LogP contribution in [0.15, 0.2) is 48.5 Å². The fourth-order valence-electron chi connectivity index (χ4n) is 2.64. The molecule has 2 aromatic rings. The van der Waals surface area contributed by atoms with Crippen LogP contribution in [0.5, 0.6) is 5.75 Å². The van der Waals surface area contributed by atoms with E-state index in [0.29, 0.717) is 0 Å². The molecule has 0 bridgehead atoms. The number of rotatable bonds is 10. The first-order valence-corrected chi connectivity index (χ1v) is 9.15. The van der Waals surface area contributed by atoms with Gasteiger partial charge in [-0.3, -0.25) is 0 Å². The number of nitrogens with two attached hydrogens (primary N) is 1. The van der Waals surface area contributed by atoms with Crippen molar-refractivity contribution >= 4 is 0 Å². The van der Waals surface area contributed by atoms with Gasteiger partial charge in [0, 0.05) is 5.54 Å². The molecule has 2 aromatic carbocycles. The highest BCUT2D eigenvalue weighted by Crippen LogP contribution is 2.16. The lowest BCUT2D eigenvalue weighted by atomic mass is 9.95. The molecular formula is C22H31NO2. The monoisotopic (exact) mass is 341 g/mol. The van der Waals surface area contributed by atoms with Gasteiger partial charge in [-0.25, -0.2) is 0 Å². The van der Waals surface area contributed by atoms with E-state index >= 15 is 0 Å².